The molecule has 72 valence electrons. The van der Waals surface area contributed by atoms with Gasteiger partial charge >= 0.3 is 7.12 Å². The Balaban J connectivity index is 2.86. The molecule has 2 rings (SSSR count). The van der Waals surface area contributed by atoms with Gasteiger partial charge in [0.15, 0.2) is 0 Å². The zero-order valence-electron chi connectivity index (χ0n) is 7.14. The first-order chi connectivity index (χ1) is 6.61. The Kier molecular flexibility index (Phi) is 2.44. The van der Waals surface area contributed by atoms with E-state index in [1.165, 1.54) is 11.3 Å². The lowest BCUT2D eigenvalue weighted by Crippen LogP contribution is -2.31. The maximum atomic E-state index is 9.18. The molecule has 0 aliphatic rings. The van der Waals surface area contributed by atoms with E-state index in [1.54, 1.807) is 6.07 Å². The summed E-state index contributed by atoms with van der Waals surface area (Å²) in [6.45, 7) is 0. The topological polar surface area (TPSA) is 66.5 Å². The molecule has 14 heavy (non-hydrogen) atoms. The van der Waals surface area contributed by atoms with Crippen molar-refractivity contribution in [3.05, 3.63) is 17.5 Å². The Hall–Kier alpha value is -0.685. The molecule has 0 fully saturated rings. The zero-order valence-corrected chi connectivity index (χ0v) is 8.85. The molecule has 0 unspecified atom stereocenters. The normalized spacial score (nSPS) is 10.8. The van der Waals surface area contributed by atoms with E-state index in [4.69, 9.17) is 5.73 Å². The molecule has 1 aromatic carbocycles. The average Bonchev–Trinajstić information content (AvgIpc) is 2.51. The summed E-state index contributed by atoms with van der Waals surface area (Å²) in [6, 6.07) is 3.49. The van der Waals surface area contributed by atoms with Crippen LogP contribution >= 0.6 is 24.0 Å². The van der Waals surface area contributed by atoms with E-state index in [9.17, 15) is 10.0 Å². The van der Waals surface area contributed by atoms with Crippen LogP contribution in [0.15, 0.2) is 22.4 Å². The van der Waals surface area contributed by atoms with Crippen molar-refractivity contribution in [2.75, 3.05) is 5.73 Å². The highest BCUT2D eigenvalue weighted by atomic mass is 32.1. The first-order valence-electron chi connectivity index (χ1n) is 3.96. The van der Waals surface area contributed by atoms with Crippen LogP contribution in [-0.4, -0.2) is 17.2 Å². The zero-order chi connectivity index (χ0) is 10.3. The third kappa shape index (κ3) is 1.40. The predicted octanol–water partition coefficient (Wildman–Crippen LogP) is 0.452. The predicted molar refractivity (Wildman–Crippen MR) is 63.3 cm³/mol. The second-order valence-corrected chi connectivity index (χ2v) is 4.33. The SMILES string of the molecule is Nc1cc(S)c(B(O)O)c2sccc12. The van der Waals surface area contributed by atoms with Crippen molar-refractivity contribution in [2.24, 2.45) is 0 Å². The van der Waals surface area contributed by atoms with Gasteiger partial charge in [-0.1, -0.05) is 0 Å². The second kappa shape index (κ2) is 3.47. The van der Waals surface area contributed by atoms with E-state index < -0.39 is 7.12 Å². The minimum absolute atomic E-state index is 0.424. The lowest BCUT2D eigenvalue weighted by atomic mass is 9.79. The van der Waals surface area contributed by atoms with Crippen molar-refractivity contribution in [1.82, 2.24) is 0 Å². The number of anilines is 1. The Morgan fingerprint density at radius 3 is 2.79 bits per heavy atom. The number of thiol groups is 1. The number of hydrogen-bond donors (Lipinski definition) is 4. The number of fused-ring (bicyclic) bond motifs is 1. The minimum atomic E-state index is -1.51. The second-order valence-electron chi connectivity index (χ2n) is 2.94. The van der Waals surface area contributed by atoms with Crippen LogP contribution < -0.4 is 11.2 Å². The van der Waals surface area contributed by atoms with Crippen LogP contribution in [0.3, 0.4) is 0 Å². The van der Waals surface area contributed by atoms with Crippen molar-refractivity contribution in [3.8, 4) is 0 Å². The number of nitrogens with two attached hydrogens (primary N) is 1. The molecule has 0 aliphatic heterocycles. The molecule has 3 nitrogen and oxygen atoms in total. The van der Waals surface area contributed by atoms with Gasteiger partial charge in [-0.2, -0.15) is 0 Å². The summed E-state index contributed by atoms with van der Waals surface area (Å²) >= 11 is 5.59. The van der Waals surface area contributed by atoms with E-state index in [1.807, 2.05) is 11.4 Å². The maximum absolute atomic E-state index is 9.18. The van der Waals surface area contributed by atoms with Crippen molar-refractivity contribution in [3.63, 3.8) is 0 Å². The van der Waals surface area contributed by atoms with Crippen LogP contribution in [0.5, 0.6) is 0 Å². The van der Waals surface area contributed by atoms with Crippen molar-refractivity contribution >= 4 is 52.3 Å². The van der Waals surface area contributed by atoms with Gasteiger partial charge in [-0.15, -0.1) is 24.0 Å². The molecule has 0 radical (unpaired) electrons. The summed E-state index contributed by atoms with van der Waals surface area (Å²) in [7, 11) is -1.51. The maximum Gasteiger partial charge on any atom is 0.491 e. The van der Waals surface area contributed by atoms with Gasteiger partial charge in [-0.25, -0.2) is 0 Å². The molecule has 0 atom stereocenters. The summed E-state index contributed by atoms with van der Waals surface area (Å²) < 4.78 is 0.782. The van der Waals surface area contributed by atoms with Gasteiger partial charge in [0, 0.05) is 26.1 Å². The number of thiophene rings is 1. The van der Waals surface area contributed by atoms with Gasteiger partial charge in [0.2, 0.25) is 0 Å². The fourth-order valence-corrected chi connectivity index (χ4v) is 2.85. The Bertz CT molecular complexity index is 483. The molecule has 0 saturated heterocycles. The van der Waals surface area contributed by atoms with Gasteiger partial charge in [-0.05, 0) is 17.5 Å². The largest absolute Gasteiger partial charge is 0.491 e. The molecule has 4 N–H and O–H groups in total. The summed E-state index contributed by atoms with van der Waals surface area (Å²) in [5.41, 5.74) is 6.80. The van der Waals surface area contributed by atoms with Gasteiger partial charge < -0.3 is 15.8 Å². The van der Waals surface area contributed by atoms with E-state index in [2.05, 4.69) is 12.6 Å². The molecule has 2 aromatic rings. The van der Waals surface area contributed by atoms with Crippen molar-refractivity contribution in [2.45, 2.75) is 4.90 Å². The van der Waals surface area contributed by atoms with E-state index >= 15 is 0 Å². The molecule has 0 amide bonds. The highest BCUT2D eigenvalue weighted by Gasteiger charge is 2.20. The first kappa shape index (κ1) is 9.85. The minimum Gasteiger partial charge on any atom is -0.423 e. The number of benzene rings is 1. The summed E-state index contributed by atoms with van der Waals surface area (Å²) in [5.74, 6) is 0. The molecule has 0 aliphatic carbocycles. The Morgan fingerprint density at radius 2 is 2.14 bits per heavy atom. The molecular weight excluding hydrogens is 217 g/mol. The fourth-order valence-electron chi connectivity index (χ4n) is 1.41. The van der Waals surface area contributed by atoms with E-state index in [0.29, 0.717) is 16.0 Å². The third-order valence-corrected chi connectivity index (χ3v) is 3.36. The van der Waals surface area contributed by atoms with E-state index in [0.717, 1.165) is 10.1 Å². The van der Waals surface area contributed by atoms with Gasteiger partial charge in [0.05, 0.1) is 0 Å². The first-order valence-corrected chi connectivity index (χ1v) is 5.28. The summed E-state index contributed by atoms with van der Waals surface area (Å²) in [6.07, 6.45) is 0. The lowest BCUT2D eigenvalue weighted by molar-refractivity contribution is 0.425. The molecule has 1 aromatic heterocycles. The number of rotatable bonds is 1. The Labute approximate surface area is 90.7 Å². The van der Waals surface area contributed by atoms with Crippen LogP contribution in [0.2, 0.25) is 0 Å². The van der Waals surface area contributed by atoms with Crippen molar-refractivity contribution in [1.29, 1.82) is 0 Å². The standard InChI is InChI=1S/C8H8BNO2S2/c10-5-3-6(13)7(9(11)12)8-4(5)1-2-14-8/h1-3,11-13H,10H2. The van der Waals surface area contributed by atoms with Gasteiger partial charge in [0.1, 0.15) is 0 Å². The molecule has 0 bridgehead atoms. The summed E-state index contributed by atoms with van der Waals surface area (Å²) in [4.78, 5) is 0.507. The molecule has 0 saturated carbocycles. The monoisotopic (exact) mass is 225 g/mol. The van der Waals surface area contributed by atoms with Crippen LogP contribution in [0.25, 0.3) is 10.1 Å². The fraction of sp³-hybridized carbons (Fsp3) is 0. The van der Waals surface area contributed by atoms with Crippen molar-refractivity contribution < 1.29 is 10.0 Å². The lowest BCUT2D eigenvalue weighted by Gasteiger charge is -2.07. The number of hydrogen-bond acceptors (Lipinski definition) is 5. The summed E-state index contributed by atoms with van der Waals surface area (Å²) in [5, 5.41) is 21.1. The van der Waals surface area contributed by atoms with Crippen LogP contribution in [0, 0.1) is 0 Å². The van der Waals surface area contributed by atoms with Gasteiger partial charge in [0.25, 0.3) is 0 Å². The highest BCUT2D eigenvalue weighted by Crippen LogP contribution is 2.27. The highest BCUT2D eigenvalue weighted by molar-refractivity contribution is 7.80. The smallest absolute Gasteiger partial charge is 0.423 e. The van der Waals surface area contributed by atoms with Crippen LogP contribution in [0.4, 0.5) is 5.69 Å². The van der Waals surface area contributed by atoms with Crippen LogP contribution in [-0.2, 0) is 0 Å². The van der Waals surface area contributed by atoms with E-state index in [-0.39, 0.29) is 0 Å². The van der Waals surface area contributed by atoms with Gasteiger partial charge in [-0.3, -0.25) is 0 Å². The Morgan fingerprint density at radius 1 is 1.43 bits per heavy atom. The quantitative estimate of drug-likeness (QED) is 0.323. The molecule has 0 spiro atoms. The molecule has 1 heterocycles. The third-order valence-electron chi connectivity index (χ3n) is 2.05. The molecular formula is C8H8BNO2S2. The number of nitrogen functional groups attached to an aromatic ring is 1. The average molecular weight is 225 g/mol. The molecule has 6 heteroatoms. The van der Waals surface area contributed by atoms with Crippen LogP contribution in [0.1, 0.15) is 0 Å².